The van der Waals surface area contributed by atoms with Gasteiger partial charge in [0.05, 0.1) is 6.66 Å². The molecular weight excluding hydrogens is 367 g/mol. The lowest BCUT2D eigenvalue weighted by molar-refractivity contribution is -0.00000509. The first-order chi connectivity index (χ1) is 12.8. The molecule has 0 saturated carbocycles. The Morgan fingerprint density at radius 2 is 0.556 bits per heavy atom. The van der Waals surface area contributed by atoms with E-state index in [1.165, 1.54) is 15.9 Å². The summed E-state index contributed by atoms with van der Waals surface area (Å²) in [5.74, 6) is 0. The Kier molecular flexibility index (Phi) is 8.27. The van der Waals surface area contributed by atoms with E-state index in [1.54, 1.807) is 0 Å². The number of benzene rings is 4. The Morgan fingerprint density at radius 3 is 0.778 bits per heavy atom. The fourth-order valence-corrected chi connectivity index (χ4v) is 6.21. The molecule has 0 aliphatic rings. The molecule has 4 aromatic carbocycles. The van der Waals surface area contributed by atoms with Gasteiger partial charge in [-0.25, -0.2) is 0 Å². The van der Waals surface area contributed by atoms with Crippen LogP contribution in [0.3, 0.4) is 0 Å². The third kappa shape index (κ3) is 5.30. The largest absolute Gasteiger partial charge is 1.00 e. The van der Waals surface area contributed by atoms with Crippen molar-refractivity contribution in [3.05, 3.63) is 127 Å². The highest BCUT2D eigenvalue weighted by Gasteiger charge is 2.39. The number of rotatable bonds is 3. The SMILES string of the molecule is C[P+](c1ccccc1)(c1ccccc1)c1ccccc1.[Cl-].c1ccccc1. The lowest BCUT2D eigenvalue weighted by Crippen LogP contribution is -3.00. The first kappa shape index (κ1) is 20.9. The zero-order valence-electron chi connectivity index (χ0n) is 15.4. The van der Waals surface area contributed by atoms with Gasteiger partial charge < -0.3 is 12.4 Å². The van der Waals surface area contributed by atoms with Gasteiger partial charge in [0, 0.05) is 0 Å². The molecule has 27 heavy (non-hydrogen) atoms. The molecule has 4 aromatic rings. The van der Waals surface area contributed by atoms with Gasteiger partial charge in [0.25, 0.3) is 0 Å². The minimum atomic E-state index is -1.53. The molecule has 0 bridgehead atoms. The first-order valence-electron chi connectivity index (χ1n) is 8.85. The van der Waals surface area contributed by atoms with Crippen molar-refractivity contribution in [3.8, 4) is 0 Å². The van der Waals surface area contributed by atoms with E-state index in [0.717, 1.165) is 0 Å². The first-order valence-corrected chi connectivity index (χ1v) is 11.1. The molecule has 0 unspecified atom stereocenters. The zero-order valence-corrected chi connectivity index (χ0v) is 17.1. The van der Waals surface area contributed by atoms with Crippen LogP contribution in [0, 0.1) is 0 Å². The molecule has 0 nitrogen and oxygen atoms in total. The van der Waals surface area contributed by atoms with E-state index in [-0.39, 0.29) is 12.4 Å². The standard InChI is InChI=1S/C19H18P.C6H6.ClH/c1-20(17-11-5-2-6-12-17,18-13-7-3-8-14-18)19-15-9-4-10-16-19;1-2-4-6-5-3-1;/h2-16H,1H3;1-6H;1H/q+1;;/p-1. The van der Waals surface area contributed by atoms with Crippen LogP contribution in [-0.2, 0) is 0 Å². The van der Waals surface area contributed by atoms with Crippen LogP contribution in [-0.4, -0.2) is 6.66 Å². The minimum absolute atomic E-state index is 0. The second-order valence-corrected chi connectivity index (χ2v) is 9.73. The van der Waals surface area contributed by atoms with Crippen molar-refractivity contribution in [2.24, 2.45) is 0 Å². The fraction of sp³-hybridized carbons (Fsp3) is 0.0400. The summed E-state index contributed by atoms with van der Waals surface area (Å²) in [5, 5.41) is 4.28. The summed E-state index contributed by atoms with van der Waals surface area (Å²) in [4.78, 5) is 0. The second-order valence-electron chi connectivity index (χ2n) is 6.17. The van der Waals surface area contributed by atoms with Gasteiger partial charge >= 0.3 is 0 Å². The van der Waals surface area contributed by atoms with Crippen LogP contribution in [0.15, 0.2) is 127 Å². The number of hydrogen-bond donors (Lipinski definition) is 0. The fourth-order valence-electron chi connectivity index (χ4n) is 3.01. The summed E-state index contributed by atoms with van der Waals surface area (Å²) in [6, 6.07) is 44.6. The van der Waals surface area contributed by atoms with Crippen molar-refractivity contribution in [2.45, 2.75) is 0 Å². The molecule has 0 aromatic heterocycles. The molecule has 0 amide bonds. The third-order valence-corrected chi connectivity index (χ3v) is 8.48. The maximum absolute atomic E-state index is 2.41. The molecule has 4 rings (SSSR count). The van der Waals surface area contributed by atoms with Gasteiger partial charge in [-0.2, -0.15) is 0 Å². The predicted octanol–water partition coefficient (Wildman–Crippen LogP) is 2.30. The Balaban J connectivity index is 0.000000320. The normalized spacial score (nSPS) is 10.1. The summed E-state index contributed by atoms with van der Waals surface area (Å²) >= 11 is 0. The maximum atomic E-state index is 2.41. The van der Waals surface area contributed by atoms with Gasteiger partial charge in [-0.1, -0.05) is 91.0 Å². The molecule has 0 N–H and O–H groups in total. The van der Waals surface area contributed by atoms with Crippen LogP contribution in [0.25, 0.3) is 0 Å². The molecule has 0 radical (unpaired) electrons. The van der Waals surface area contributed by atoms with Gasteiger partial charge in [-0.3, -0.25) is 0 Å². The smallest absolute Gasteiger partial charge is 0.109 e. The van der Waals surface area contributed by atoms with E-state index in [1.807, 2.05) is 36.4 Å². The average molecular weight is 391 g/mol. The number of hydrogen-bond acceptors (Lipinski definition) is 0. The van der Waals surface area contributed by atoms with E-state index < -0.39 is 7.26 Å². The Labute approximate surface area is 169 Å². The van der Waals surface area contributed by atoms with Gasteiger partial charge in [0.2, 0.25) is 0 Å². The molecule has 0 aliphatic carbocycles. The summed E-state index contributed by atoms with van der Waals surface area (Å²) in [7, 11) is -1.53. The molecule has 2 heteroatoms. The molecule has 0 saturated heterocycles. The van der Waals surface area contributed by atoms with E-state index in [0.29, 0.717) is 0 Å². The van der Waals surface area contributed by atoms with E-state index in [4.69, 9.17) is 0 Å². The summed E-state index contributed by atoms with van der Waals surface area (Å²) in [6.07, 6.45) is 0. The van der Waals surface area contributed by atoms with Crippen LogP contribution < -0.4 is 28.3 Å². The Hall–Kier alpha value is -2.40. The zero-order chi connectivity index (χ0) is 18.1. The molecule has 0 spiro atoms. The highest BCUT2D eigenvalue weighted by molar-refractivity contribution is 7.95. The van der Waals surface area contributed by atoms with Crippen molar-refractivity contribution in [1.82, 2.24) is 0 Å². The van der Waals surface area contributed by atoms with Crippen molar-refractivity contribution in [1.29, 1.82) is 0 Å². The monoisotopic (exact) mass is 390 g/mol. The van der Waals surface area contributed by atoms with E-state index in [2.05, 4.69) is 97.7 Å². The molecular formula is C25H24ClP. The number of halogens is 1. The Bertz CT molecular complexity index is 755. The van der Waals surface area contributed by atoms with Crippen LogP contribution >= 0.6 is 7.26 Å². The minimum Gasteiger partial charge on any atom is -1.00 e. The second kappa shape index (κ2) is 10.7. The van der Waals surface area contributed by atoms with Gasteiger partial charge in [-0.15, -0.1) is 0 Å². The highest BCUT2D eigenvalue weighted by atomic mass is 35.5. The van der Waals surface area contributed by atoms with Gasteiger partial charge in [0.15, 0.2) is 0 Å². The molecule has 0 heterocycles. The van der Waals surface area contributed by atoms with Crippen molar-refractivity contribution >= 4 is 23.2 Å². The van der Waals surface area contributed by atoms with E-state index >= 15 is 0 Å². The quantitative estimate of drug-likeness (QED) is 0.471. The maximum Gasteiger partial charge on any atom is 0.109 e. The van der Waals surface area contributed by atoms with E-state index in [9.17, 15) is 0 Å². The summed E-state index contributed by atoms with van der Waals surface area (Å²) < 4.78 is 0. The van der Waals surface area contributed by atoms with Gasteiger partial charge in [0.1, 0.15) is 23.2 Å². The third-order valence-electron chi connectivity index (χ3n) is 4.48. The molecule has 136 valence electrons. The molecule has 0 fully saturated rings. The molecule has 0 aliphatic heterocycles. The van der Waals surface area contributed by atoms with Crippen LogP contribution in [0.1, 0.15) is 0 Å². The topological polar surface area (TPSA) is 0 Å². The molecule has 0 atom stereocenters. The van der Waals surface area contributed by atoms with Gasteiger partial charge in [-0.05, 0) is 36.4 Å². The van der Waals surface area contributed by atoms with Crippen molar-refractivity contribution in [3.63, 3.8) is 0 Å². The summed E-state index contributed by atoms with van der Waals surface area (Å²) in [6.45, 7) is 2.41. The Morgan fingerprint density at radius 1 is 0.370 bits per heavy atom. The predicted molar refractivity (Wildman–Crippen MR) is 118 cm³/mol. The lowest BCUT2D eigenvalue weighted by atomic mass is 10.4. The average Bonchev–Trinajstić information content (AvgIpc) is 2.77. The van der Waals surface area contributed by atoms with Crippen LogP contribution in [0.4, 0.5) is 0 Å². The van der Waals surface area contributed by atoms with Crippen molar-refractivity contribution < 1.29 is 12.4 Å². The van der Waals surface area contributed by atoms with Crippen LogP contribution in [0.2, 0.25) is 0 Å². The van der Waals surface area contributed by atoms with Crippen molar-refractivity contribution in [2.75, 3.05) is 6.66 Å². The summed E-state index contributed by atoms with van der Waals surface area (Å²) in [5.41, 5.74) is 0. The highest BCUT2D eigenvalue weighted by Crippen LogP contribution is 2.51. The lowest BCUT2D eigenvalue weighted by Gasteiger charge is -2.22. The van der Waals surface area contributed by atoms with Crippen LogP contribution in [0.5, 0.6) is 0 Å².